The molecule has 1 aromatic heterocycles. The third-order valence-electron chi connectivity index (χ3n) is 10.3. The molecule has 272 valence electrons. The van der Waals surface area contributed by atoms with Crippen LogP contribution in [-0.2, 0) is 0 Å². The fourth-order valence-corrected chi connectivity index (χ4v) is 7.79. The Morgan fingerprint density at radius 3 is 1.60 bits per heavy atom. The lowest BCUT2D eigenvalue weighted by atomic mass is 9.90. The highest BCUT2D eigenvalue weighted by Crippen LogP contribution is 2.48. The summed E-state index contributed by atoms with van der Waals surface area (Å²) in [6.07, 6.45) is 0. The molecule has 0 fully saturated rings. The molecule has 10 aromatic rings. The number of rotatable bonds is 7. The normalized spacial score (nSPS) is 12.6. The van der Waals surface area contributed by atoms with E-state index < -0.39 is 53.2 Å². The molecule has 0 aliphatic heterocycles. The average molecular weight is 749 g/mol. The van der Waals surface area contributed by atoms with Gasteiger partial charge in [0.1, 0.15) is 28.8 Å². The molecule has 10 rings (SSSR count). The van der Waals surface area contributed by atoms with Crippen molar-refractivity contribution in [3.8, 4) is 44.7 Å². The number of hydrogen-bond donors (Lipinski definition) is 0. The van der Waals surface area contributed by atoms with Crippen molar-refractivity contribution in [1.82, 2.24) is 0 Å². The highest BCUT2D eigenvalue weighted by molar-refractivity contribution is 6.29. The van der Waals surface area contributed by atoms with E-state index >= 15 is 0 Å². The molecule has 0 spiro atoms. The van der Waals surface area contributed by atoms with Gasteiger partial charge in [0.15, 0.2) is 0 Å². The van der Waals surface area contributed by atoms with Gasteiger partial charge in [0.05, 0.1) is 12.4 Å². The Morgan fingerprint density at radius 1 is 0.421 bits per heavy atom. The number of anilines is 3. The Labute approximate surface area is 334 Å². The van der Waals surface area contributed by atoms with E-state index in [0.717, 1.165) is 66.1 Å². The van der Waals surface area contributed by atoms with Crippen LogP contribution in [-0.4, -0.2) is 0 Å². The van der Waals surface area contributed by atoms with Gasteiger partial charge in [-0.05, 0) is 80.8 Å². The van der Waals surface area contributed by atoms with Crippen LogP contribution < -0.4 is 4.90 Å². The molecule has 0 aliphatic carbocycles. The maximum Gasteiger partial charge on any atom is 0.143 e. The van der Waals surface area contributed by atoms with E-state index in [1.54, 1.807) is 12.1 Å². The van der Waals surface area contributed by atoms with E-state index in [9.17, 15) is 13.2 Å². The van der Waals surface area contributed by atoms with Crippen molar-refractivity contribution in [2.45, 2.75) is 0 Å². The van der Waals surface area contributed by atoms with Crippen LogP contribution in [0.5, 0.6) is 0 Å². The molecule has 0 radical (unpaired) electrons. The first-order valence-electron chi connectivity index (χ1n) is 20.8. The first kappa shape index (κ1) is 29.0. The van der Waals surface area contributed by atoms with Gasteiger partial charge in [0, 0.05) is 51.1 Å². The van der Waals surface area contributed by atoms with Crippen molar-refractivity contribution in [2.75, 3.05) is 4.90 Å². The molecule has 0 saturated heterocycles. The van der Waals surface area contributed by atoms with Gasteiger partial charge in [-0.3, -0.25) is 0 Å². The molecule has 0 N–H and O–H groups in total. The lowest BCUT2D eigenvalue weighted by molar-refractivity contribution is 0.548. The lowest BCUT2D eigenvalue weighted by Crippen LogP contribution is -2.09. The van der Waals surface area contributed by atoms with E-state index in [2.05, 4.69) is 54.6 Å². The van der Waals surface area contributed by atoms with Crippen molar-refractivity contribution in [3.63, 3.8) is 0 Å². The van der Waals surface area contributed by atoms with Crippen LogP contribution in [0.1, 0.15) is 6.85 Å². The average Bonchev–Trinajstić information content (AvgIpc) is 3.71. The Bertz CT molecular complexity index is 3320. The Morgan fingerprint density at radius 2 is 0.947 bits per heavy atom. The van der Waals surface area contributed by atoms with Crippen LogP contribution in [0.25, 0.3) is 77.2 Å². The van der Waals surface area contributed by atoms with Crippen LogP contribution in [0.4, 0.5) is 30.2 Å². The minimum atomic E-state index is -1.07. The summed E-state index contributed by atoms with van der Waals surface area (Å²) in [4.78, 5) is 1.52. The van der Waals surface area contributed by atoms with Crippen LogP contribution >= 0.6 is 0 Å². The highest BCUT2D eigenvalue weighted by atomic mass is 19.1. The molecule has 9 aromatic carbocycles. The topological polar surface area (TPSA) is 16.4 Å². The smallest absolute Gasteiger partial charge is 0.143 e. The number of hydrogen-bond acceptors (Lipinski definition) is 2. The van der Waals surface area contributed by atoms with Gasteiger partial charge >= 0.3 is 0 Å². The minimum absolute atomic E-state index is 0.113. The molecular formula is C52H32F3NO. The standard InChI is InChI=1S/C52H32F3NO/c53-38-31-46(54)48(47(55)32-38)35-22-27-41(28-23-35)56(39-16-8-3-9-17-39)40-25-20-33(21-26-40)37-24-29-43-42-18-10-11-19-44(42)52-50(45(43)30-37)49(34-12-4-1-5-13-34)51(57-52)36-14-6-2-7-15-36/h1-32H/i3D,8D,9D,16D,17D. The Kier molecular flexibility index (Phi) is 7.14. The van der Waals surface area contributed by atoms with Gasteiger partial charge in [-0.2, -0.15) is 0 Å². The third-order valence-corrected chi connectivity index (χ3v) is 10.3. The van der Waals surface area contributed by atoms with Crippen molar-refractivity contribution in [2.24, 2.45) is 0 Å². The molecule has 0 saturated carbocycles. The number of furan rings is 1. The van der Waals surface area contributed by atoms with E-state index in [1.165, 1.54) is 29.2 Å². The Hall–Kier alpha value is -7.37. The predicted molar refractivity (Wildman–Crippen MR) is 228 cm³/mol. The van der Waals surface area contributed by atoms with Crippen molar-refractivity contribution < 1.29 is 24.4 Å². The SMILES string of the molecule is [2H]c1c([2H])c([2H])c(N(c2ccc(-c3ccc4c5ccccc5c5oc(-c6ccccc6)c(-c6ccccc6)c5c4c3)cc2)c2ccc(-c3c(F)cc(F)cc3F)cc2)c([2H])c1[2H]. The van der Waals surface area contributed by atoms with Crippen molar-refractivity contribution in [1.29, 1.82) is 0 Å². The fraction of sp³-hybridized carbons (Fsp3) is 0. The van der Waals surface area contributed by atoms with Gasteiger partial charge in [0.2, 0.25) is 0 Å². The molecule has 0 aliphatic rings. The summed E-state index contributed by atoms with van der Waals surface area (Å²) in [5.41, 5.74) is 5.91. The second-order valence-electron chi connectivity index (χ2n) is 13.7. The van der Waals surface area contributed by atoms with Gasteiger partial charge < -0.3 is 9.32 Å². The summed E-state index contributed by atoms with van der Waals surface area (Å²) in [5.74, 6) is -2.42. The van der Waals surface area contributed by atoms with Crippen molar-refractivity contribution in [3.05, 3.63) is 211 Å². The lowest BCUT2D eigenvalue weighted by Gasteiger charge is -2.26. The van der Waals surface area contributed by atoms with Crippen LogP contribution in [0.3, 0.4) is 0 Å². The maximum absolute atomic E-state index is 14.8. The van der Waals surface area contributed by atoms with Gasteiger partial charge in [0.25, 0.3) is 0 Å². The molecular weight excluding hydrogens is 712 g/mol. The van der Waals surface area contributed by atoms with Gasteiger partial charge in [-0.15, -0.1) is 0 Å². The third kappa shape index (κ3) is 6.01. The molecule has 2 nitrogen and oxygen atoms in total. The first-order valence-corrected chi connectivity index (χ1v) is 18.3. The number of nitrogens with zero attached hydrogens (tertiary/aromatic N) is 1. The molecule has 57 heavy (non-hydrogen) atoms. The molecule has 1 heterocycles. The molecule has 0 bridgehead atoms. The number of halogens is 3. The van der Waals surface area contributed by atoms with E-state index in [4.69, 9.17) is 11.3 Å². The predicted octanol–water partition coefficient (Wildman–Crippen LogP) is 15.3. The fourth-order valence-electron chi connectivity index (χ4n) is 7.79. The summed E-state index contributed by atoms with van der Waals surface area (Å²) in [5, 5.41) is 5.09. The number of para-hydroxylation sites is 1. The van der Waals surface area contributed by atoms with Gasteiger partial charge in [-0.1, -0.05) is 139 Å². The van der Waals surface area contributed by atoms with E-state index in [-0.39, 0.29) is 11.3 Å². The van der Waals surface area contributed by atoms with Gasteiger partial charge in [-0.25, -0.2) is 13.2 Å². The second kappa shape index (κ2) is 14.0. The van der Waals surface area contributed by atoms with E-state index in [1.807, 2.05) is 60.7 Å². The van der Waals surface area contributed by atoms with E-state index in [0.29, 0.717) is 23.5 Å². The summed E-state index contributed by atoms with van der Waals surface area (Å²) >= 11 is 0. The molecule has 0 unspecified atom stereocenters. The largest absolute Gasteiger partial charge is 0.455 e. The summed E-state index contributed by atoms with van der Waals surface area (Å²) in [6.45, 7) is 0. The Balaban J connectivity index is 1.14. The molecule has 5 heteroatoms. The quantitative estimate of drug-likeness (QED) is 0.151. The van der Waals surface area contributed by atoms with Crippen LogP contribution in [0, 0.1) is 17.5 Å². The summed E-state index contributed by atoms with van der Waals surface area (Å²) in [6, 6.07) is 47.0. The first-order chi connectivity index (χ1) is 30.1. The summed E-state index contributed by atoms with van der Waals surface area (Å²) in [7, 11) is 0. The minimum Gasteiger partial charge on any atom is -0.455 e. The maximum atomic E-state index is 14.8. The highest BCUT2D eigenvalue weighted by Gasteiger charge is 2.23. The zero-order valence-corrected chi connectivity index (χ0v) is 30.1. The monoisotopic (exact) mass is 748 g/mol. The second-order valence-corrected chi connectivity index (χ2v) is 13.7. The van der Waals surface area contributed by atoms with Crippen LogP contribution in [0.15, 0.2) is 198 Å². The zero-order chi connectivity index (χ0) is 42.8. The number of fused-ring (bicyclic) bond motifs is 6. The molecule has 0 atom stereocenters. The van der Waals surface area contributed by atoms with Crippen molar-refractivity contribution >= 4 is 49.6 Å². The number of benzene rings is 9. The zero-order valence-electron chi connectivity index (χ0n) is 35.1. The summed E-state index contributed by atoms with van der Waals surface area (Å²) < 4.78 is 93.1. The van der Waals surface area contributed by atoms with Crippen LogP contribution in [0.2, 0.25) is 0 Å². The molecule has 0 amide bonds.